The van der Waals surface area contributed by atoms with Crippen LogP contribution in [0, 0.1) is 11.8 Å². The van der Waals surface area contributed by atoms with Gasteiger partial charge < -0.3 is 10.5 Å². The van der Waals surface area contributed by atoms with Crippen molar-refractivity contribution in [3.05, 3.63) is 23.8 Å². The van der Waals surface area contributed by atoms with Crippen molar-refractivity contribution < 1.29 is 9.53 Å². The van der Waals surface area contributed by atoms with E-state index in [2.05, 4.69) is 26.8 Å². The minimum absolute atomic E-state index is 0.0830. The predicted molar refractivity (Wildman–Crippen MR) is 64.0 cm³/mol. The van der Waals surface area contributed by atoms with Crippen LogP contribution in [0.25, 0.3) is 10.9 Å². The topological polar surface area (TPSA) is 81.0 Å². The van der Waals surface area contributed by atoms with E-state index in [1.165, 1.54) is 7.11 Å². The number of H-pyrrole nitrogens is 1. The molecule has 0 aliphatic rings. The molecule has 0 aliphatic carbocycles. The fraction of sp³-hybridized carbons (Fsp3) is 0.167. The zero-order valence-corrected chi connectivity index (χ0v) is 9.28. The van der Waals surface area contributed by atoms with E-state index in [1.54, 1.807) is 0 Å². The fourth-order valence-electron chi connectivity index (χ4n) is 1.41. The molecular formula is C12H11N3O2. The van der Waals surface area contributed by atoms with E-state index >= 15 is 0 Å². The SMILES string of the molecule is COC(=O)CC#Cc1ccc2c(N)n[nH]c2c1. The van der Waals surface area contributed by atoms with E-state index in [9.17, 15) is 4.79 Å². The lowest BCUT2D eigenvalue weighted by atomic mass is 10.1. The Hall–Kier alpha value is -2.48. The van der Waals surface area contributed by atoms with Gasteiger partial charge in [-0.2, -0.15) is 5.10 Å². The van der Waals surface area contributed by atoms with Crippen LogP contribution < -0.4 is 5.73 Å². The summed E-state index contributed by atoms with van der Waals surface area (Å²) in [5.41, 5.74) is 7.27. The van der Waals surface area contributed by atoms with Crippen LogP contribution in [-0.4, -0.2) is 23.3 Å². The van der Waals surface area contributed by atoms with Crippen LogP contribution in [0.1, 0.15) is 12.0 Å². The average Bonchev–Trinajstić information content (AvgIpc) is 2.70. The van der Waals surface area contributed by atoms with Gasteiger partial charge in [-0.3, -0.25) is 9.89 Å². The summed E-state index contributed by atoms with van der Waals surface area (Å²) in [4.78, 5) is 10.9. The molecule has 0 radical (unpaired) electrons. The molecule has 0 bridgehead atoms. The number of carbonyl (C=O) groups is 1. The Bertz CT molecular complexity index is 619. The Morgan fingerprint density at radius 3 is 3.18 bits per heavy atom. The van der Waals surface area contributed by atoms with Crippen molar-refractivity contribution >= 4 is 22.7 Å². The van der Waals surface area contributed by atoms with Gasteiger partial charge in [0.2, 0.25) is 0 Å². The molecule has 0 spiro atoms. The number of fused-ring (bicyclic) bond motifs is 1. The zero-order chi connectivity index (χ0) is 12.3. The van der Waals surface area contributed by atoms with Crippen molar-refractivity contribution in [3.63, 3.8) is 0 Å². The van der Waals surface area contributed by atoms with Gasteiger partial charge in [0.15, 0.2) is 5.82 Å². The number of esters is 1. The zero-order valence-electron chi connectivity index (χ0n) is 9.28. The number of methoxy groups -OCH3 is 1. The lowest BCUT2D eigenvalue weighted by Crippen LogP contribution is -1.96. The molecule has 0 amide bonds. The minimum Gasteiger partial charge on any atom is -0.468 e. The Morgan fingerprint density at radius 2 is 2.41 bits per heavy atom. The van der Waals surface area contributed by atoms with E-state index in [1.807, 2.05) is 18.2 Å². The minimum atomic E-state index is -0.343. The van der Waals surface area contributed by atoms with E-state index in [-0.39, 0.29) is 12.4 Å². The van der Waals surface area contributed by atoms with Gasteiger partial charge in [-0.15, -0.1) is 0 Å². The van der Waals surface area contributed by atoms with Crippen molar-refractivity contribution in [1.29, 1.82) is 0 Å². The monoisotopic (exact) mass is 229 g/mol. The maximum Gasteiger partial charge on any atom is 0.317 e. The Kier molecular flexibility index (Phi) is 2.97. The molecule has 86 valence electrons. The van der Waals surface area contributed by atoms with Gasteiger partial charge in [-0.25, -0.2) is 0 Å². The molecule has 17 heavy (non-hydrogen) atoms. The first-order valence-electron chi connectivity index (χ1n) is 5.00. The van der Waals surface area contributed by atoms with Gasteiger partial charge in [0, 0.05) is 10.9 Å². The number of ether oxygens (including phenoxy) is 1. The molecule has 0 saturated carbocycles. The number of aromatic amines is 1. The number of nitrogen functional groups attached to an aromatic ring is 1. The number of nitrogens with one attached hydrogen (secondary N) is 1. The smallest absolute Gasteiger partial charge is 0.317 e. The number of hydrogen-bond donors (Lipinski definition) is 2. The molecule has 5 heteroatoms. The first-order valence-corrected chi connectivity index (χ1v) is 5.00. The van der Waals surface area contributed by atoms with Crippen LogP contribution in [0.3, 0.4) is 0 Å². The number of carbonyl (C=O) groups excluding carboxylic acids is 1. The number of nitrogens with two attached hydrogens (primary N) is 1. The van der Waals surface area contributed by atoms with Gasteiger partial charge >= 0.3 is 5.97 Å². The fourth-order valence-corrected chi connectivity index (χ4v) is 1.41. The third kappa shape index (κ3) is 2.37. The van der Waals surface area contributed by atoms with E-state index < -0.39 is 0 Å². The largest absolute Gasteiger partial charge is 0.468 e. The van der Waals surface area contributed by atoms with E-state index in [0.29, 0.717) is 5.82 Å². The second-order valence-corrected chi connectivity index (χ2v) is 3.42. The predicted octanol–water partition coefficient (Wildman–Crippen LogP) is 1.06. The number of hydrogen-bond acceptors (Lipinski definition) is 4. The van der Waals surface area contributed by atoms with Crippen molar-refractivity contribution in [2.24, 2.45) is 0 Å². The van der Waals surface area contributed by atoms with Gasteiger partial charge in [-0.05, 0) is 18.2 Å². The third-order valence-electron chi connectivity index (χ3n) is 2.29. The van der Waals surface area contributed by atoms with Crippen LogP contribution in [0.4, 0.5) is 5.82 Å². The first-order chi connectivity index (χ1) is 8.20. The third-order valence-corrected chi connectivity index (χ3v) is 2.29. The molecule has 2 aromatic rings. The molecule has 1 heterocycles. The normalized spacial score (nSPS) is 9.71. The second kappa shape index (κ2) is 4.58. The van der Waals surface area contributed by atoms with Gasteiger partial charge in [0.1, 0.15) is 6.42 Å². The number of rotatable bonds is 1. The average molecular weight is 229 g/mol. The van der Waals surface area contributed by atoms with Crippen LogP contribution in [-0.2, 0) is 9.53 Å². The molecule has 1 aromatic heterocycles. The molecule has 0 aliphatic heterocycles. The summed E-state index contributed by atoms with van der Waals surface area (Å²) in [5, 5.41) is 7.56. The molecule has 0 unspecified atom stereocenters. The highest BCUT2D eigenvalue weighted by Crippen LogP contribution is 2.18. The van der Waals surface area contributed by atoms with Crippen LogP contribution in [0.5, 0.6) is 0 Å². The van der Waals surface area contributed by atoms with Crippen LogP contribution in [0.2, 0.25) is 0 Å². The van der Waals surface area contributed by atoms with Crippen molar-refractivity contribution in [2.45, 2.75) is 6.42 Å². The standard InChI is InChI=1S/C12H11N3O2/c1-17-11(16)4-2-3-8-5-6-9-10(7-8)14-15-12(9)13/h5-7H,4H2,1H3,(H3,13,14,15). The second-order valence-electron chi connectivity index (χ2n) is 3.42. The number of anilines is 1. The van der Waals surface area contributed by atoms with E-state index in [4.69, 9.17) is 5.73 Å². The van der Waals surface area contributed by atoms with Crippen molar-refractivity contribution in [1.82, 2.24) is 10.2 Å². The summed E-state index contributed by atoms with van der Waals surface area (Å²) >= 11 is 0. The molecule has 2 rings (SSSR count). The maximum atomic E-state index is 10.9. The Labute approximate surface area is 97.9 Å². The Balaban J connectivity index is 2.22. The van der Waals surface area contributed by atoms with Gasteiger partial charge in [0.25, 0.3) is 0 Å². The first kappa shape index (κ1) is 11.0. The van der Waals surface area contributed by atoms with Crippen molar-refractivity contribution in [3.8, 4) is 11.8 Å². The van der Waals surface area contributed by atoms with Gasteiger partial charge in [-0.1, -0.05) is 11.8 Å². The lowest BCUT2D eigenvalue weighted by molar-refractivity contribution is -0.139. The van der Waals surface area contributed by atoms with Crippen LogP contribution in [0.15, 0.2) is 18.2 Å². The molecule has 0 atom stereocenters. The Morgan fingerprint density at radius 1 is 1.59 bits per heavy atom. The van der Waals surface area contributed by atoms with Crippen LogP contribution >= 0.6 is 0 Å². The summed E-state index contributed by atoms with van der Waals surface area (Å²) in [7, 11) is 1.34. The highest BCUT2D eigenvalue weighted by molar-refractivity contribution is 5.89. The highest BCUT2D eigenvalue weighted by atomic mass is 16.5. The molecule has 3 N–H and O–H groups in total. The molecule has 5 nitrogen and oxygen atoms in total. The summed E-state index contributed by atoms with van der Waals surface area (Å²) in [6.45, 7) is 0. The summed E-state index contributed by atoms with van der Waals surface area (Å²) < 4.78 is 4.49. The molecular weight excluding hydrogens is 218 g/mol. The number of benzene rings is 1. The highest BCUT2D eigenvalue weighted by Gasteiger charge is 2.01. The molecule has 0 saturated heterocycles. The molecule has 1 aromatic carbocycles. The number of aromatic nitrogens is 2. The maximum absolute atomic E-state index is 10.9. The summed E-state index contributed by atoms with van der Waals surface area (Å²) in [5.74, 6) is 5.73. The summed E-state index contributed by atoms with van der Waals surface area (Å²) in [6.07, 6.45) is 0.0830. The number of nitrogens with zero attached hydrogens (tertiary/aromatic N) is 1. The van der Waals surface area contributed by atoms with E-state index in [0.717, 1.165) is 16.5 Å². The summed E-state index contributed by atoms with van der Waals surface area (Å²) in [6, 6.07) is 5.51. The molecule has 0 fully saturated rings. The lowest BCUT2D eigenvalue weighted by Gasteiger charge is -1.92. The van der Waals surface area contributed by atoms with Crippen molar-refractivity contribution in [2.75, 3.05) is 12.8 Å². The van der Waals surface area contributed by atoms with Gasteiger partial charge in [0.05, 0.1) is 12.6 Å². The quantitative estimate of drug-likeness (QED) is 0.566.